The van der Waals surface area contributed by atoms with Gasteiger partial charge in [0, 0.05) is 50.4 Å². The van der Waals surface area contributed by atoms with Gasteiger partial charge in [0.05, 0.1) is 5.69 Å². The van der Waals surface area contributed by atoms with Crippen molar-refractivity contribution in [3.05, 3.63) is 53.7 Å². The molecule has 1 atom stereocenters. The summed E-state index contributed by atoms with van der Waals surface area (Å²) >= 11 is 0. The second-order valence-corrected chi connectivity index (χ2v) is 8.55. The fourth-order valence-corrected chi connectivity index (χ4v) is 4.25. The second kappa shape index (κ2) is 8.82. The molecule has 1 saturated heterocycles. The molecule has 172 valence electrons. The molecule has 2 aromatic carbocycles. The van der Waals surface area contributed by atoms with Crippen LogP contribution in [-0.4, -0.2) is 60.3 Å². The fraction of sp³-hybridized carbons (Fsp3) is 0.375. The highest BCUT2D eigenvalue weighted by atomic mass is 19.1. The summed E-state index contributed by atoms with van der Waals surface area (Å²) in [4.78, 5) is 21.5. The molecule has 0 spiro atoms. The Morgan fingerprint density at radius 3 is 2.61 bits per heavy atom. The highest BCUT2D eigenvalue weighted by Gasteiger charge is 2.30. The van der Waals surface area contributed by atoms with Crippen molar-refractivity contribution >= 4 is 17.3 Å². The highest BCUT2D eigenvalue weighted by Crippen LogP contribution is 2.39. The van der Waals surface area contributed by atoms with E-state index in [9.17, 15) is 9.18 Å². The molecule has 33 heavy (non-hydrogen) atoms. The predicted molar refractivity (Wildman–Crippen MR) is 122 cm³/mol. The maximum Gasteiger partial charge on any atom is 0.265 e. The van der Waals surface area contributed by atoms with Gasteiger partial charge in [0.15, 0.2) is 6.10 Å². The zero-order chi connectivity index (χ0) is 22.9. The van der Waals surface area contributed by atoms with Crippen molar-refractivity contribution in [2.24, 2.45) is 0 Å². The van der Waals surface area contributed by atoms with E-state index in [0.717, 1.165) is 43.0 Å². The third kappa shape index (κ3) is 4.54. The van der Waals surface area contributed by atoms with Gasteiger partial charge in [-0.05, 0) is 55.8 Å². The largest absolute Gasteiger partial charge is 0.478 e. The second-order valence-electron chi connectivity index (χ2n) is 8.55. The average Bonchev–Trinajstić information content (AvgIpc) is 3.25. The van der Waals surface area contributed by atoms with E-state index in [1.165, 1.54) is 12.1 Å². The van der Waals surface area contributed by atoms with E-state index < -0.39 is 6.10 Å². The van der Waals surface area contributed by atoms with Crippen LogP contribution in [0.15, 0.2) is 40.9 Å². The predicted octanol–water partition coefficient (Wildman–Crippen LogP) is 3.27. The summed E-state index contributed by atoms with van der Waals surface area (Å²) in [6, 6.07) is 10.3. The van der Waals surface area contributed by atoms with Gasteiger partial charge < -0.3 is 24.4 Å². The number of amides is 1. The lowest BCUT2D eigenvalue weighted by molar-refractivity contribution is -0.123. The summed E-state index contributed by atoms with van der Waals surface area (Å²) in [5.74, 6) is 1.12. The molecule has 1 aromatic heterocycles. The lowest BCUT2D eigenvalue weighted by atomic mass is 9.99. The van der Waals surface area contributed by atoms with Crippen LogP contribution < -0.4 is 15.0 Å². The zero-order valence-electron chi connectivity index (χ0n) is 18.7. The molecule has 0 bridgehead atoms. The molecule has 3 heterocycles. The SMILES string of the molecule is Cc1nc(-c2ccc(NC(=O)C3CCc4cc(F)cc(N5CCN(C)CC5)c4O3)cc2)no1. The van der Waals surface area contributed by atoms with Crippen LogP contribution >= 0.6 is 0 Å². The van der Waals surface area contributed by atoms with Crippen LogP contribution in [0, 0.1) is 12.7 Å². The molecule has 8 nitrogen and oxygen atoms in total. The van der Waals surface area contributed by atoms with Crippen LogP contribution in [0.4, 0.5) is 15.8 Å². The molecule has 9 heteroatoms. The Bertz CT molecular complexity index is 1160. The summed E-state index contributed by atoms with van der Waals surface area (Å²) in [6.45, 7) is 5.11. The van der Waals surface area contributed by atoms with E-state index in [4.69, 9.17) is 9.26 Å². The Morgan fingerprint density at radius 1 is 1.15 bits per heavy atom. The number of aryl methyl sites for hydroxylation is 2. The van der Waals surface area contributed by atoms with Crippen molar-refractivity contribution in [3.8, 4) is 17.1 Å². The van der Waals surface area contributed by atoms with E-state index >= 15 is 0 Å². The third-order valence-corrected chi connectivity index (χ3v) is 6.12. The minimum Gasteiger partial charge on any atom is -0.478 e. The van der Waals surface area contributed by atoms with Crippen LogP contribution in [0.1, 0.15) is 17.9 Å². The number of hydrogen-bond acceptors (Lipinski definition) is 7. The number of rotatable bonds is 4. The molecule has 0 saturated carbocycles. The Kier molecular flexibility index (Phi) is 5.72. The first-order valence-electron chi connectivity index (χ1n) is 11.1. The van der Waals surface area contributed by atoms with E-state index in [0.29, 0.717) is 36.0 Å². The van der Waals surface area contributed by atoms with Crippen molar-refractivity contribution in [2.45, 2.75) is 25.9 Å². The number of hydrogen-bond donors (Lipinski definition) is 1. The molecule has 0 aliphatic carbocycles. The smallest absolute Gasteiger partial charge is 0.265 e. The van der Waals surface area contributed by atoms with Crippen molar-refractivity contribution < 1.29 is 18.4 Å². The molecule has 1 amide bonds. The van der Waals surface area contributed by atoms with Crippen LogP contribution in [-0.2, 0) is 11.2 Å². The standard InChI is InChI=1S/C24H26FN5O3/c1-15-26-23(28-33-15)16-3-6-19(7-4-16)27-24(31)21-8-5-17-13-18(25)14-20(22(17)32-21)30-11-9-29(2)10-12-30/h3-4,6-7,13-14,21H,5,8-12H2,1-2H3,(H,27,31). The summed E-state index contributed by atoms with van der Waals surface area (Å²) in [5, 5.41) is 6.82. The van der Waals surface area contributed by atoms with Crippen LogP contribution in [0.2, 0.25) is 0 Å². The number of ether oxygens (including phenoxy) is 1. The van der Waals surface area contributed by atoms with E-state index in [1.807, 2.05) is 12.1 Å². The van der Waals surface area contributed by atoms with Gasteiger partial charge in [-0.25, -0.2) is 4.39 Å². The van der Waals surface area contributed by atoms with Gasteiger partial charge in [0.2, 0.25) is 11.7 Å². The summed E-state index contributed by atoms with van der Waals surface area (Å²) in [5.41, 5.74) is 2.99. The van der Waals surface area contributed by atoms with Crippen molar-refractivity contribution in [2.75, 3.05) is 43.4 Å². The van der Waals surface area contributed by atoms with Gasteiger partial charge >= 0.3 is 0 Å². The topological polar surface area (TPSA) is 83.7 Å². The monoisotopic (exact) mass is 451 g/mol. The number of nitrogens with zero attached hydrogens (tertiary/aromatic N) is 4. The molecule has 1 N–H and O–H groups in total. The maximum absolute atomic E-state index is 14.3. The molecule has 3 aromatic rings. The third-order valence-electron chi connectivity index (χ3n) is 6.12. The number of halogens is 1. The summed E-state index contributed by atoms with van der Waals surface area (Å²) in [6.07, 6.45) is 0.431. The first-order chi connectivity index (χ1) is 16.0. The molecular weight excluding hydrogens is 425 g/mol. The number of nitrogens with one attached hydrogen (secondary N) is 1. The highest BCUT2D eigenvalue weighted by molar-refractivity contribution is 5.95. The normalized spacial score (nSPS) is 18.5. The molecule has 0 radical (unpaired) electrons. The number of aromatic nitrogens is 2. The minimum absolute atomic E-state index is 0.225. The zero-order valence-corrected chi connectivity index (χ0v) is 18.7. The van der Waals surface area contributed by atoms with Crippen molar-refractivity contribution in [1.29, 1.82) is 0 Å². The maximum atomic E-state index is 14.3. The average molecular weight is 452 g/mol. The van der Waals surface area contributed by atoms with Crippen LogP contribution in [0.25, 0.3) is 11.4 Å². The Balaban J connectivity index is 1.30. The Hall–Kier alpha value is -3.46. The van der Waals surface area contributed by atoms with Gasteiger partial charge in [-0.3, -0.25) is 4.79 Å². The number of carbonyl (C=O) groups is 1. The van der Waals surface area contributed by atoms with E-state index in [2.05, 4.69) is 32.3 Å². The Morgan fingerprint density at radius 2 is 1.91 bits per heavy atom. The van der Waals surface area contributed by atoms with Gasteiger partial charge in [0.1, 0.15) is 11.6 Å². The van der Waals surface area contributed by atoms with Gasteiger partial charge in [-0.15, -0.1) is 0 Å². The lowest BCUT2D eigenvalue weighted by Crippen LogP contribution is -2.45. The number of piperazine rings is 1. The van der Waals surface area contributed by atoms with Gasteiger partial charge in [-0.2, -0.15) is 4.98 Å². The summed E-state index contributed by atoms with van der Waals surface area (Å²) in [7, 11) is 2.07. The number of carbonyl (C=O) groups excluding carboxylic acids is 1. The number of likely N-dealkylation sites (N-methyl/N-ethyl adjacent to an activating group) is 1. The number of fused-ring (bicyclic) bond motifs is 1. The van der Waals surface area contributed by atoms with Gasteiger partial charge in [-0.1, -0.05) is 5.16 Å². The number of benzene rings is 2. The van der Waals surface area contributed by atoms with Crippen LogP contribution in [0.5, 0.6) is 5.75 Å². The molecule has 2 aliphatic rings. The Labute approximate surface area is 191 Å². The molecule has 2 aliphatic heterocycles. The lowest BCUT2D eigenvalue weighted by Gasteiger charge is -2.37. The first kappa shape index (κ1) is 21.4. The van der Waals surface area contributed by atoms with E-state index in [-0.39, 0.29) is 11.7 Å². The van der Waals surface area contributed by atoms with Crippen LogP contribution in [0.3, 0.4) is 0 Å². The summed E-state index contributed by atoms with van der Waals surface area (Å²) < 4.78 is 25.5. The van der Waals surface area contributed by atoms with Gasteiger partial charge in [0.25, 0.3) is 5.91 Å². The van der Waals surface area contributed by atoms with Crippen molar-refractivity contribution in [3.63, 3.8) is 0 Å². The van der Waals surface area contributed by atoms with Crippen molar-refractivity contribution in [1.82, 2.24) is 15.0 Å². The molecule has 1 fully saturated rings. The molecular formula is C24H26FN5O3. The molecule has 5 rings (SSSR count). The minimum atomic E-state index is -0.645. The first-order valence-corrected chi connectivity index (χ1v) is 11.1. The molecule has 1 unspecified atom stereocenters. The fourth-order valence-electron chi connectivity index (χ4n) is 4.25. The number of anilines is 2. The van der Waals surface area contributed by atoms with E-state index in [1.54, 1.807) is 19.1 Å². The quantitative estimate of drug-likeness (QED) is 0.652.